The van der Waals surface area contributed by atoms with Crippen LogP contribution < -0.4 is 4.74 Å². The third-order valence-corrected chi connectivity index (χ3v) is 5.67. The lowest BCUT2D eigenvalue weighted by Gasteiger charge is -2.26. The molecular formula is C26H28F3N3O4. The summed E-state index contributed by atoms with van der Waals surface area (Å²) in [5.74, 6) is -0.245. The molecule has 36 heavy (non-hydrogen) atoms. The number of alkyl halides is 3. The topological polar surface area (TPSA) is 73.7 Å². The molecule has 0 aliphatic heterocycles. The molecule has 3 aromatic rings. The number of carbonyl (C=O) groups excluding carboxylic acids is 2. The van der Waals surface area contributed by atoms with Gasteiger partial charge in [-0.05, 0) is 54.8 Å². The lowest BCUT2D eigenvalue weighted by atomic mass is 9.91. The summed E-state index contributed by atoms with van der Waals surface area (Å²) in [6.45, 7) is 4.23. The number of hydrogen-bond donors (Lipinski definition) is 0. The fraction of sp³-hybridized carbons (Fsp3) is 0.346. The van der Waals surface area contributed by atoms with E-state index in [-0.39, 0.29) is 32.0 Å². The summed E-state index contributed by atoms with van der Waals surface area (Å²) in [4.78, 5) is 27.0. The van der Waals surface area contributed by atoms with Crippen LogP contribution in [-0.2, 0) is 40.0 Å². The largest absolute Gasteiger partial charge is 0.496 e. The molecule has 0 atom stereocenters. The summed E-state index contributed by atoms with van der Waals surface area (Å²) in [5.41, 5.74) is 1.39. The smallest absolute Gasteiger partial charge is 0.416 e. The molecule has 0 aliphatic rings. The second-order valence-electron chi connectivity index (χ2n) is 7.95. The first-order valence-electron chi connectivity index (χ1n) is 11.4. The number of esters is 1. The average molecular weight is 504 g/mol. The van der Waals surface area contributed by atoms with Crippen LogP contribution in [0.25, 0.3) is 11.1 Å². The van der Waals surface area contributed by atoms with E-state index < -0.39 is 17.7 Å². The van der Waals surface area contributed by atoms with E-state index >= 15 is 0 Å². The maximum atomic E-state index is 13.2. The zero-order valence-corrected chi connectivity index (χ0v) is 20.3. The van der Waals surface area contributed by atoms with E-state index in [0.29, 0.717) is 34.5 Å². The van der Waals surface area contributed by atoms with Gasteiger partial charge in [0.25, 0.3) is 0 Å². The van der Waals surface area contributed by atoms with E-state index in [1.165, 1.54) is 23.9 Å². The quantitative estimate of drug-likeness (QED) is 0.374. The molecule has 0 radical (unpaired) electrons. The first-order valence-corrected chi connectivity index (χ1v) is 11.4. The minimum Gasteiger partial charge on any atom is -0.496 e. The number of hydrogen-bond acceptors (Lipinski definition) is 5. The summed E-state index contributed by atoms with van der Waals surface area (Å²) in [5, 5.41) is 4.07. The second kappa shape index (κ2) is 11.7. The Bertz CT molecular complexity index is 1180. The third kappa shape index (κ3) is 6.44. The van der Waals surface area contributed by atoms with Crippen LogP contribution in [0.3, 0.4) is 0 Å². The number of benzene rings is 2. The number of aromatic nitrogens is 2. The fourth-order valence-electron chi connectivity index (χ4n) is 3.90. The number of methoxy groups -OCH3 is 1. The number of ether oxygens (including phenoxy) is 2. The molecule has 0 saturated carbocycles. The molecule has 0 aliphatic carbocycles. The second-order valence-corrected chi connectivity index (χ2v) is 7.95. The van der Waals surface area contributed by atoms with Crippen molar-refractivity contribution in [3.63, 3.8) is 0 Å². The van der Waals surface area contributed by atoms with Gasteiger partial charge in [-0.3, -0.25) is 14.3 Å². The molecule has 2 aromatic carbocycles. The van der Waals surface area contributed by atoms with Gasteiger partial charge >= 0.3 is 12.1 Å². The van der Waals surface area contributed by atoms with Crippen LogP contribution in [-0.4, -0.2) is 46.8 Å². The van der Waals surface area contributed by atoms with Gasteiger partial charge in [-0.25, -0.2) is 0 Å². The molecule has 0 bridgehead atoms. The molecule has 0 unspecified atom stereocenters. The molecular weight excluding hydrogens is 475 g/mol. The molecule has 3 rings (SSSR count). The molecule has 1 aromatic heterocycles. The van der Waals surface area contributed by atoms with Crippen molar-refractivity contribution in [2.45, 2.75) is 39.5 Å². The van der Waals surface area contributed by atoms with Gasteiger partial charge in [0.15, 0.2) is 0 Å². The van der Waals surface area contributed by atoms with Crippen molar-refractivity contribution in [2.24, 2.45) is 0 Å². The van der Waals surface area contributed by atoms with Gasteiger partial charge in [-0.15, -0.1) is 0 Å². The van der Waals surface area contributed by atoms with Gasteiger partial charge in [-0.1, -0.05) is 18.2 Å². The third-order valence-electron chi connectivity index (χ3n) is 5.67. The van der Waals surface area contributed by atoms with E-state index in [2.05, 4.69) is 5.10 Å². The van der Waals surface area contributed by atoms with Crippen LogP contribution in [0.15, 0.2) is 54.9 Å². The van der Waals surface area contributed by atoms with Crippen molar-refractivity contribution in [2.75, 3.05) is 20.3 Å². The zero-order chi connectivity index (χ0) is 26.3. The first-order chi connectivity index (χ1) is 17.2. The molecule has 1 heterocycles. The van der Waals surface area contributed by atoms with Crippen molar-refractivity contribution < 1.29 is 32.2 Å². The molecule has 0 N–H and O–H groups in total. The normalized spacial score (nSPS) is 11.3. The molecule has 7 nitrogen and oxygen atoms in total. The molecule has 192 valence electrons. The molecule has 10 heteroatoms. The summed E-state index contributed by atoms with van der Waals surface area (Å²) < 4.78 is 51.7. The fourth-order valence-corrected chi connectivity index (χ4v) is 3.90. The van der Waals surface area contributed by atoms with Crippen LogP contribution in [0.1, 0.15) is 30.5 Å². The summed E-state index contributed by atoms with van der Waals surface area (Å²) in [7, 11) is 1.46. The lowest BCUT2D eigenvalue weighted by molar-refractivity contribution is -0.142. The predicted molar refractivity (Wildman–Crippen MR) is 127 cm³/mol. The monoisotopic (exact) mass is 503 g/mol. The maximum absolute atomic E-state index is 13.2. The standard InChI is InChI=1S/C26H28F3N3O4/c1-4-31(23(33)17-32-14-6-13-30-32)16-21-19(15-24(34)36-5-2)9-12-22(35-3)25(21)18-7-10-20(11-8-18)26(27,28)29/h6-14H,4-5,15-17H2,1-3H3. The predicted octanol–water partition coefficient (Wildman–Crippen LogP) is 4.73. The highest BCUT2D eigenvalue weighted by Crippen LogP contribution is 2.38. The summed E-state index contributed by atoms with van der Waals surface area (Å²) in [6, 6.07) is 9.80. The minimum absolute atomic E-state index is 0.0215. The van der Waals surface area contributed by atoms with E-state index in [0.717, 1.165) is 12.1 Å². The number of halogens is 3. The summed E-state index contributed by atoms with van der Waals surface area (Å²) in [6.07, 6.45) is -1.29. The van der Waals surface area contributed by atoms with E-state index in [4.69, 9.17) is 9.47 Å². The number of nitrogens with zero attached hydrogens (tertiary/aromatic N) is 3. The maximum Gasteiger partial charge on any atom is 0.416 e. The van der Waals surface area contributed by atoms with Crippen molar-refractivity contribution in [3.05, 3.63) is 71.5 Å². The summed E-state index contributed by atoms with van der Waals surface area (Å²) >= 11 is 0. The Balaban J connectivity index is 2.09. The Morgan fingerprint density at radius 1 is 1.08 bits per heavy atom. The van der Waals surface area contributed by atoms with Crippen molar-refractivity contribution in [1.29, 1.82) is 0 Å². The van der Waals surface area contributed by atoms with Gasteiger partial charge in [0.2, 0.25) is 5.91 Å². The van der Waals surface area contributed by atoms with Crippen molar-refractivity contribution in [3.8, 4) is 16.9 Å². The Morgan fingerprint density at radius 2 is 1.81 bits per heavy atom. The number of likely N-dealkylation sites (N-methyl/N-ethyl adjacent to an activating group) is 1. The Morgan fingerprint density at radius 3 is 2.36 bits per heavy atom. The van der Waals surface area contributed by atoms with E-state index in [1.807, 2.05) is 6.92 Å². The Labute approximate surface area is 207 Å². The number of amides is 1. The van der Waals surface area contributed by atoms with Crippen molar-refractivity contribution >= 4 is 11.9 Å². The van der Waals surface area contributed by atoms with E-state index in [9.17, 15) is 22.8 Å². The number of rotatable bonds is 10. The van der Waals surface area contributed by atoms with Crippen molar-refractivity contribution in [1.82, 2.24) is 14.7 Å². The molecule has 0 fully saturated rings. The molecule has 1 amide bonds. The highest BCUT2D eigenvalue weighted by Gasteiger charge is 2.30. The number of carbonyl (C=O) groups is 2. The Kier molecular flexibility index (Phi) is 8.73. The van der Waals surface area contributed by atoms with E-state index in [1.54, 1.807) is 42.4 Å². The van der Waals surface area contributed by atoms with Crippen LogP contribution in [0, 0.1) is 0 Å². The molecule has 0 spiro atoms. The highest BCUT2D eigenvalue weighted by atomic mass is 19.4. The van der Waals surface area contributed by atoms with Gasteiger partial charge in [0.1, 0.15) is 12.3 Å². The SMILES string of the molecule is CCOC(=O)Cc1ccc(OC)c(-c2ccc(C(F)(F)F)cc2)c1CN(CC)C(=O)Cn1cccn1. The van der Waals surface area contributed by atoms with Gasteiger partial charge in [0, 0.05) is 31.0 Å². The van der Waals surface area contributed by atoms with Gasteiger partial charge in [-0.2, -0.15) is 18.3 Å². The minimum atomic E-state index is -4.48. The van der Waals surface area contributed by atoms with Crippen LogP contribution in [0.4, 0.5) is 13.2 Å². The first kappa shape index (κ1) is 26.8. The van der Waals surface area contributed by atoms with Gasteiger partial charge < -0.3 is 14.4 Å². The zero-order valence-electron chi connectivity index (χ0n) is 20.3. The van der Waals surface area contributed by atoms with Crippen LogP contribution in [0.2, 0.25) is 0 Å². The van der Waals surface area contributed by atoms with Crippen LogP contribution in [0.5, 0.6) is 5.75 Å². The highest BCUT2D eigenvalue weighted by molar-refractivity contribution is 5.81. The molecule has 0 saturated heterocycles. The average Bonchev–Trinajstić information content (AvgIpc) is 3.35. The van der Waals surface area contributed by atoms with Crippen LogP contribution >= 0.6 is 0 Å². The Hall–Kier alpha value is -3.82. The lowest BCUT2D eigenvalue weighted by Crippen LogP contribution is -2.34. The van der Waals surface area contributed by atoms with Gasteiger partial charge in [0.05, 0.1) is 25.7 Å².